The highest BCUT2D eigenvalue weighted by molar-refractivity contribution is 6.30. The van der Waals surface area contributed by atoms with Gasteiger partial charge in [-0.05, 0) is 48.9 Å². The number of rotatable bonds is 4. The number of amides is 2. The molecule has 2 aromatic rings. The normalized spacial score (nSPS) is 27.3. The number of imide groups is 1. The molecule has 1 aromatic heterocycles. The van der Waals surface area contributed by atoms with Crippen molar-refractivity contribution in [1.82, 2.24) is 5.01 Å². The lowest BCUT2D eigenvalue weighted by molar-refractivity contribution is -0.384. The average Bonchev–Trinajstić information content (AvgIpc) is 3.31. The Balaban J connectivity index is 1.40. The van der Waals surface area contributed by atoms with Crippen LogP contribution in [0.5, 0.6) is 0 Å². The Morgan fingerprint density at radius 3 is 2.37 bits per heavy atom. The van der Waals surface area contributed by atoms with Gasteiger partial charge in [0, 0.05) is 11.1 Å². The van der Waals surface area contributed by atoms with Crippen molar-refractivity contribution >= 4 is 35.3 Å². The van der Waals surface area contributed by atoms with Gasteiger partial charge >= 0.3 is 0 Å². The molecule has 3 aliphatic carbocycles. The van der Waals surface area contributed by atoms with Gasteiger partial charge in [0.1, 0.15) is 11.5 Å². The number of nitro groups is 1. The van der Waals surface area contributed by atoms with Crippen LogP contribution in [0.25, 0.3) is 11.3 Å². The summed E-state index contributed by atoms with van der Waals surface area (Å²) in [5, 5.41) is 16.6. The summed E-state index contributed by atoms with van der Waals surface area (Å²) in [6.45, 7) is 0. The summed E-state index contributed by atoms with van der Waals surface area (Å²) in [7, 11) is 0. The highest BCUT2D eigenvalue weighted by Crippen LogP contribution is 2.49. The molecular formula is C21H16ClN3O5. The van der Waals surface area contributed by atoms with Crippen molar-refractivity contribution in [2.75, 3.05) is 0 Å². The van der Waals surface area contributed by atoms with Gasteiger partial charge in [-0.25, -0.2) is 0 Å². The number of fused-ring (bicyclic) bond motifs is 1. The molecule has 0 N–H and O–H groups in total. The van der Waals surface area contributed by atoms with Crippen LogP contribution in [-0.4, -0.2) is 28.0 Å². The molecule has 30 heavy (non-hydrogen) atoms. The Hall–Kier alpha value is -3.26. The molecule has 1 aliphatic heterocycles. The molecule has 2 bridgehead atoms. The minimum absolute atomic E-state index is 0.0947. The molecule has 4 aliphatic rings. The number of benzene rings is 1. The molecule has 1 saturated heterocycles. The van der Waals surface area contributed by atoms with Crippen LogP contribution in [0, 0.1) is 33.8 Å². The first kappa shape index (κ1) is 18.7. The Bertz CT molecular complexity index is 1110. The van der Waals surface area contributed by atoms with E-state index in [0.29, 0.717) is 0 Å². The first-order valence-corrected chi connectivity index (χ1v) is 9.96. The second kappa shape index (κ2) is 6.91. The van der Waals surface area contributed by atoms with E-state index in [2.05, 4.69) is 5.10 Å². The predicted molar refractivity (Wildman–Crippen MR) is 108 cm³/mol. The lowest BCUT2D eigenvalue weighted by Gasteiger charge is -2.37. The van der Waals surface area contributed by atoms with Crippen molar-refractivity contribution in [2.45, 2.75) is 12.8 Å². The summed E-state index contributed by atoms with van der Waals surface area (Å²) < 4.78 is 5.65. The Labute approximate surface area is 175 Å². The molecular weight excluding hydrogens is 410 g/mol. The van der Waals surface area contributed by atoms with E-state index in [1.807, 2.05) is 12.2 Å². The SMILES string of the molecule is O=C1C2C3C=CC(CC3)C2C(=O)N1/N=C/c1ccc(-c2ccc(Cl)cc2[N+](=O)[O-])o1. The van der Waals surface area contributed by atoms with E-state index in [1.54, 1.807) is 12.1 Å². The molecule has 152 valence electrons. The Morgan fingerprint density at radius 2 is 1.77 bits per heavy atom. The average molecular weight is 426 g/mol. The summed E-state index contributed by atoms with van der Waals surface area (Å²) in [5.41, 5.74) is 0.0864. The second-order valence-electron chi connectivity index (χ2n) is 7.69. The first-order chi connectivity index (χ1) is 14.4. The van der Waals surface area contributed by atoms with Gasteiger partial charge in [0.2, 0.25) is 0 Å². The summed E-state index contributed by atoms with van der Waals surface area (Å²) >= 11 is 5.85. The minimum Gasteiger partial charge on any atom is -0.455 e. The van der Waals surface area contributed by atoms with Gasteiger partial charge in [-0.2, -0.15) is 10.1 Å². The number of hydrogen-bond acceptors (Lipinski definition) is 6. The Morgan fingerprint density at radius 1 is 1.10 bits per heavy atom. The number of nitro benzene ring substituents is 1. The number of carbonyl (C=O) groups is 2. The molecule has 8 nitrogen and oxygen atoms in total. The van der Waals surface area contributed by atoms with Crippen molar-refractivity contribution < 1.29 is 18.9 Å². The van der Waals surface area contributed by atoms with E-state index in [1.165, 1.54) is 24.4 Å². The third-order valence-corrected chi connectivity index (χ3v) is 6.32. The van der Waals surface area contributed by atoms with E-state index in [0.717, 1.165) is 17.9 Å². The molecule has 1 saturated carbocycles. The first-order valence-electron chi connectivity index (χ1n) is 9.58. The van der Waals surface area contributed by atoms with Crippen molar-refractivity contribution in [3.05, 3.63) is 63.4 Å². The molecule has 0 radical (unpaired) electrons. The van der Waals surface area contributed by atoms with Crippen molar-refractivity contribution in [3.8, 4) is 11.3 Å². The molecule has 0 spiro atoms. The van der Waals surface area contributed by atoms with Crippen LogP contribution < -0.4 is 0 Å². The van der Waals surface area contributed by atoms with E-state index in [4.69, 9.17) is 16.0 Å². The van der Waals surface area contributed by atoms with Crippen LogP contribution in [0.4, 0.5) is 5.69 Å². The second-order valence-corrected chi connectivity index (χ2v) is 8.13. The van der Waals surface area contributed by atoms with E-state index in [9.17, 15) is 19.7 Å². The van der Waals surface area contributed by atoms with Gasteiger partial charge in [0.15, 0.2) is 0 Å². The van der Waals surface area contributed by atoms with E-state index < -0.39 is 4.92 Å². The van der Waals surface area contributed by atoms with Crippen molar-refractivity contribution in [1.29, 1.82) is 0 Å². The van der Waals surface area contributed by atoms with Crippen molar-refractivity contribution in [3.63, 3.8) is 0 Å². The number of allylic oxidation sites excluding steroid dienone is 2. The molecule has 1 aromatic carbocycles. The fourth-order valence-electron chi connectivity index (χ4n) is 4.72. The van der Waals surface area contributed by atoms with Crippen LogP contribution in [0.1, 0.15) is 18.6 Å². The maximum absolute atomic E-state index is 12.8. The molecule has 4 atom stereocenters. The lowest BCUT2D eigenvalue weighted by atomic mass is 9.63. The fourth-order valence-corrected chi connectivity index (χ4v) is 4.88. The quantitative estimate of drug-likeness (QED) is 0.241. The molecule has 6 rings (SSSR count). The van der Waals surface area contributed by atoms with Crippen LogP contribution in [0.3, 0.4) is 0 Å². The number of halogens is 1. The maximum atomic E-state index is 12.8. The summed E-state index contributed by atoms with van der Waals surface area (Å²) in [5.74, 6) is -0.499. The zero-order valence-corrected chi connectivity index (χ0v) is 16.4. The van der Waals surface area contributed by atoms with Gasteiger partial charge in [-0.15, -0.1) is 0 Å². The van der Waals surface area contributed by atoms with E-state index in [-0.39, 0.29) is 63.3 Å². The molecule has 2 fully saturated rings. The summed E-state index contributed by atoms with van der Waals surface area (Å²) in [6.07, 6.45) is 7.21. The summed E-state index contributed by atoms with van der Waals surface area (Å²) in [6, 6.07) is 7.42. The minimum atomic E-state index is -0.539. The molecule has 9 heteroatoms. The lowest BCUT2D eigenvalue weighted by Crippen LogP contribution is -2.38. The van der Waals surface area contributed by atoms with Gasteiger partial charge < -0.3 is 4.42 Å². The fraction of sp³-hybridized carbons (Fsp3) is 0.286. The monoisotopic (exact) mass is 425 g/mol. The third-order valence-electron chi connectivity index (χ3n) is 6.09. The highest BCUT2D eigenvalue weighted by atomic mass is 35.5. The smallest absolute Gasteiger partial charge is 0.281 e. The van der Waals surface area contributed by atoms with Gasteiger partial charge in [-0.1, -0.05) is 23.8 Å². The molecule has 2 heterocycles. The highest BCUT2D eigenvalue weighted by Gasteiger charge is 2.56. The number of hydrazone groups is 1. The predicted octanol–water partition coefficient (Wildman–Crippen LogP) is 4.04. The zero-order valence-electron chi connectivity index (χ0n) is 15.6. The van der Waals surface area contributed by atoms with Crippen LogP contribution >= 0.6 is 11.6 Å². The van der Waals surface area contributed by atoms with Gasteiger partial charge in [0.25, 0.3) is 17.5 Å². The molecule has 4 unspecified atom stereocenters. The number of furan rings is 1. The van der Waals surface area contributed by atoms with Crippen LogP contribution in [0.2, 0.25) is 5.02 Å². The van der Waals surface area contributed by atoms with E-state index >= 15 is 0 Å². The topological polar surface area (TPSA) is 106 Å². The summed E-state index contributed by atoms with van der Waals surface area (Å²) in [4.78, 5) is 36.3. The Kier molecular flexibility index (Phi) is 4.32. The zero-order chi connectivity index (χ0) is 21.0. The van der Waals surface area contributed by atoms with Gasteiger partial charge in [-0.3, -0.25) is 19.7 Å². The number of carbonyl (C=O) groups excluding carboxylic acids is 2. The standard InChI is InChI=1S/C21H16ClN3O5/c22-13-5-7-15(16(9-13)25(28)29)17-8-6-14(30-17)10-23-24-20(26)18-11-1-2-12(4-3-11)19(18)21(24)27/h1-2,5-12,18-19H,3-4H2/b23-10+. The largest absolute Gasteiger partial charge is 0.455 e. The van der Waals surface area contributed by atoms with Gasteiger partial charge in [0.05, 0.1) is 28.5 Å². The number of nitrogens with zero attached hydrogens (tertiary/aromatic N) is 3. The maximum Gasteiger partial charge on any atom is 0.281 e. The number of hydrogen-bond donors (Lipinski definition) is 0. The van der Waals surface area contributed by atoms with Crippen LogP contribution in [-0.2, 0) is 9.59 Å². The molecule has 2 amide bonds. The van der Waals surface area contributed by atoms with Crippen LogP contribution in [0.15, 0.2) is 52.0 Å². The third kappa shape index (κ3) is 2.87. The van der Waals surface area contributed by atoms with Crippen molar-refractivity contribution in [2.24, 2.45) is 28.8 Å².